The molecule has 172 valence electrons. The number of carbonyl (C=O) groups is 1. The van der Waals surface area contributed by atoms with Crippen LogP contribution in [0.15, 0.2) is 53.7 Å². The van der Waals surface area contributed by atoms with E-state index < -0.39 is 0 Å². The fourth-order valence-electron chi connectivity index (χ4n) is 4.47. The maximum atomic E-state index is 13.4. The van der Waals surface area contributed by atoms with Crippen molar-refractivity contribution < 1.29 is 19.1 Å². The molecule has 0 spiro atoms. The molecule has 8 heteroatoms. The second kappa shape index (κ2) is 9.72. The first-order chi connectivity index (χ1) is 16.3. The number of ether oxygens (including phenoxy) is 2. The van der Waals surface area contributed by atoms with Crippen molar-refractivity contribution in [3.63, 3.8) is 0 Å². The molecule has 2 aromatic carbocycles. The Labute approximate surface area is 192 Å². The number of anilines is 1. The number of imidazole rings is 1. The molecule has 0 N–H and O–H groups in total. The summed E-state index contributed by atoms with van der Waals surface area (Å²) < 4.78 is 13.0. The Bertz CT molecular complexity index is 1170. The number of amides is 1. The molecule has 0 bridgehead atoms. The van der Waals surface area contributed by atoms with Crippen molar-refractivity contribution in [3.05, 3.63) is 59.9 Å². The molecule has 33 heavy (non-hydrogen) atoms. The van der Waals surface area contributed by atoms with Gasteiger partial charge in [-0.25, -0.2) is 4.98 Å². The molecule has 5 rings (SSSR count). The van der Waals surface area contributed by atoms with Gasteiger partial charge in [-0.15, -0.1) is 0 Å². The van der Waals surface area contributed by atoms with Crippen molar-refractivity contribution in [2.45, 2.75) is 38.5 Å². The van der Waals surface area contributed by atoms with Crippen LogP contribution in [0.2, 0.25) is 0 Å². The van der Waals surface area contributed by atoms with Crippen molar-refractivity contribution in [3.8, 4) is 0 Å². The van der Waals surface area contributed by atoms with Gasteiger partial charge in [-0.2, -0.15) is 0 Å². The summed E-state index contributed by atoms with van der Waals surface area (Å²) in [5, 5.41) is 4.23. The number of rotatable bonds is 9. The highest BCUT2D eigenvalue weighted by Gasteiger charge is 2.35. The summed E-state index contributed by atoms with van der Waals surface area (Å²) in [6.07, 6.45) is 2.90. The highest BCUT2D eigenvalue weighted by molar-refractivity contribution is 6.54. The van der Waals surface area contributed by atoms with Crippen LogP contribution in [0, 0.1) is 0 Å². The van der Waals surface area contributed by atoms with Crippen LogP contribution in [0.5, 0.6) is 0 Å². The lowest BCUT2D eigenvalue weighted by Gasteiger charge is -2.18. The second-order valence-electron chi connectivity index (χ2n) is 8.29. The molecule has 2 aliphatic rings. The third-order valence-corrected chi connectivity index (χ3v) is 6.10. The number of aryl methyl sites for hydroxylation is 1. The van der Waals surface area contributed by atoms with E-state index in [9.17, 15) is 4.79 Å². The maximum Gasteiger partial charge on any atom is 0.281 e. The van der Waals surface area contributed by atoms with Gasteiger partial charge in [-0.05, 0) is 37.5 Å². The minimum atomic E-state index is -0.181. The van der Waals surface area contributed by atoms with Crippen LogP contribution in [-0.4, -0.2) is 54.2 Å². The Balaban J connectivity index is 1.42. The highest BCUT2D eigenvalue weighted by Crippen LogP contribution is 2.31. The number of fused-ring (bicyclic) bond motifs is 2. The Morgan fingerprint density at radius 3 is 2.88 bits per heavy atom. The highest BCUT2D eigenvalue weighted by atomic mass is 16.6. The first kappa shape index (κ1) is 21.6. The lowest BCUT2D eigenvalue weighted by Crippen LogP contribution is -2.31. The number of aromatic nitrogens is 2. The van der Waals surface area contributed by atoms with E-state index in [0.29, 0.717) is 25.5 Å². The first-order valence-corrected chi connectivity index (χ1v) is 11.4. The predicted molar refractivity (Wildman–Crippen MR) is 125 cm³/mol. The van der Waals surface area contributed by atoms with Gasteiger partial charge in [0.1, 0.15) is 12.4 Å². The van der Waals surface area contributed by atoms with Gasteiger partial charge in [0, 0.05) is 32.4 Å². The molecule has 0 aliphatic carbocycles. The molecule has 0 saturated carbocycles. The second-order valence-corrected chi connectivity index (χ2v) is 8.29. The van der Waals surface area contributed by atoms with Crippen molar-refractivity contribution in [1.29, 1.82) is 0 Å². The van der Waals surface area contributed by atoms with Crippen molar-refractivity contribution in [2.24, 2.45) is 5.16 Å². The summed E-state index contributed by atoms with van der Waals surface area (Å²) in [6.45, 7) is 2.89. The van der Waals surface area contributed by atoms with Crippen molar-refractivity contribution in [2.75, 3.05) is 31.8 Å². The van der Waals surface area contributed by atoms with Gasteiger partial charge in [-0.1, -0.05) is 35.5 Å². The Hall–Kier alpha value is -3.23. The van der Waals surface area contributed by atoms with Crippen molar-refractivity contribution in [1.82, 2.24) is 9.55 Å². The zero-order chi connectivity index (χ0) is 22.6. The zero-order valence-electron chi connectivity index (χ0n) is 18.8. The predicted octanol–water partition coefficient (Wildman–Crippen LogP) is 3.52. The number of methoxy groups -OCH3 is 1. The summed E-state index contributed by atoms with van der Waals surface area (Å²) in [7, 11) is 1.70. The number of para-hydroxylation sites is 3. The molecule has 1 saturated heterocycles. The molecule has 8 nitrogen and oxygen atoms in total. The Morgan fingerprint density at radius 2 is 2.03 bits per heavy atom. The molecule has 3 heterocycles. The molecular formula is C25H28N4O4. The molecule has 1 aromatic heterocycles. The van der Waals surface area contributed by atoms with E-state index in [0.717, 1.165) is 60.5 Å². The lowest BCUT2D eigenvalue weighted by atomic mass is 10.1. The summed E-state index contributed by atoms with van der Waals surface area (Å²) >= 11 is 0. The maximum absolute atomic E-state index is 13.4. The summed E-state index contributed by atoms with van der Waals surface area (Å²) in [6, 6.07) is 15.7. The van der Waals surface area contributed by atoms with E-state index in [1.807, 2.05) is 42.5 Å². The lowest BCUT2D eigenvalue weighted by molar-refractivity contribution is -0.112. The standard InChI is InChI=1S/C25H28N4O4/c1-31-14-7-13-28-22-12-5-3-10-20(22)26-23(28)16-29-21-11-4-2-9-19(21)24(25(29)30)27-33-17-18-8-6-15-32-18/h2-5,9-12,18H,6-8,13-17H2,1H3/b27-24+. The van der Waals surface area contributed by atoms with Crippen LogP contribution >= 0.6 is 0 Å². The number of hydrogen-bond acceptors (Lipinski definition) is 6. The van der Waals surface area contributed by atoms with Gasteiger partial charge in [0.05, 0.1) is 29.4 Å². The first-order valence-electron chi connectivity index (χ1n) is 11.4. The minimum Gasteiger partial charge on any atom is -0.392 e. The number of carbonyl (C=O) groups excluding carboxylic acids is 1. The van der Waals surface area contributed by atoms with Crippen molar-refractivity contribution >= 4 is 28.3 Å². The van der Waals surface area contributed by atoms with Gasteiger partial charge < -0.3 is 18.9 Å². The van der Waals surface area contributed by atoms with E-state index in [2.05, 4.69) is 15.8 Å². The van der Waals surface area contributed by atoms with Crippen LogP contribution in [0.4, 0.5) is 5.69 Å². The summed E-state index contributed by atoms with van der Waals surface area (Å²) in [4.78, 5) is 25.5. The average Bonchev–Trinajstić information content (AvgIpc) is 3.54. The van der Waals surface area contributed by atoms with Crippen LogP contribution < -0.4 is 4.90 Å². The quantitative estimate of drug-likeness (QED) is 0.370. The zero-order valence-corrected chi connectivity index (χ0v) is 18.8. The van der Waals surface area contributed by atoms with E-state index >= 15 is 0 Å². The number of hydrogen-bond donors (Lipinski definition) is 0. The fraction of sp³-hybridized carbons (Fsp3) is 0.400. The fourth-order valence-corrected chi connectivity index (χ4v) is 4.47. The van der Waals surface area contributed by atoms with Gasteiger partial charge in [0.2, 0.25) is 0 Å². The monoisotopic (exact) mass is 448 g/mol. The Kier molecular flexibility index (Phi) is 6.37. The smallest absolute Gasteiger partial charge is 0.281 e. The summed E-state index contributed by atoms with van der Waals surface area (Å²) in [5.41, 5.74) is 3.89. The molecule has 1 atom stereocenters. The SMILES string of the molecule is COCCCn1c(CN2C(=O)/C(=N/OCC3CCCO3)c3ccccc32)nc2ccccc21. The van der Waals surface area contributed by atoms with Crippen LogP contribution in [0.3, 0.4) is 0 Å². The third kappa shape index (κ3) is 4.36. The van der Waals surface area contributed by atoms with Gasteiger partial charge in [0.15, 0.2) is 5.71 Å². The molecule has 0 radical (unpaired) electrons. The van der Waals surface area contributed by atoms with Gasteiger partial charge in [0.25, 0.3) is 5.91 Å². The topological polar surface area (TPSA) is 78.2 Å². The summed E-state index contributed by atoms with van der Waals surface area (Å²) in [5.74, 6) is 0.649. The van der Waals surface area contributed by atoms with E-state index in [1.54, 1.807) is 12.0 Å². The molecule has 1 fully saturated rings. The largest absolute Gasteiger partial charge is 0.392 e. The van der Waals surface area contributed by atoms with E-state index in [1.165, 1.54) is 0 Å². The Morgan fingerprint density at radius 1 is 1.18 bits per heavy atom. The van der Waals surface area contributed by atoms with Crippen LogP contribution in [0.25, 0.3) is 11.0 Å². The number of oxime groups is 1. The van der Waals surface area contributed by atoms with Crippen LogP contribution in [-0.2, 0) is 32.2 Å². The molecule has 1 unspecified atom stereocenters. The normalized spacial score (nSPS) is 19.1. The number of nitrogens with zero attached hydrogens (tertiary/aromatic N) is 4. The van der Waals surface area contributed by atoms with Crippen LogP contribution in [0.1, 0.15) is 30.7 Å². The molecule has 1 amide bonds. The van der Waals surface area contributed by atoms with Gasteiger partial charge >= 0.3 is 0 Å². The molecule has 3 aromatic rings. The minimum absolute atomic E-state index is 0.0456. The molecular weight excluding hydrogens is 420 g/mol. The van der Waals surface area contributed by atoms with E-state index in [4.69, 9.17) is 19.3 Å². The average molecular weight is 449 g/mol. The molecule has 2 aliphatic heterocycles. The number of benzene rings is 2. The van der Waals surface area contributed by atoms with E-state index in [-0.39, 0.29) is 12.0 Å². The van der Waals surface area contributed by atoms with Gasteiger partial charge in [-0.3, -0.25) is 9.69 Å². The third-order valence-electron chi connectivity index (χ3n) is 6.10.